The van der Waals surface area contributed by atoms with Crippen LogP contribution in [0.2, 0.25) is 0 Å². The molecule has 0 radical (unpaired) electrons. The van der Waals surface area contributed by atoms with Gasteiger partial charge in [0.2, 0.25) is 11.7 Å². The highest BCUT2D eigenvalue weighted by Crippen LogP contribution is 2.28. The fourth-order valence-corrected chi connectivity index (χ4v) is 4.64. The maximum atomic E-state index is 14.8. The van der Waals surface area contributed by atoms with E-state index in [0.29, 0.717) is 57.2 Å². The largest absolute Gasteiger partial charge is 1.00 e. The summed E-state index contributed by atoms with van der Waals surface area (Å²) in [7, 11) is 5.55. The van der Waals surface area contributed by atoms with Crippen molar-refractivity contribution < 1.29 is 40.3 Å². The fraction of sp³-hybridized carbons (Fsp3) is 0.226. The molecule has 1 aromatic carbocycles. The van der Waals surface area contributed by atoms with Crippen molar-refractivity contribution >= 4 is 40.0 Å². The van der Waals surface area contributed by atoms with Gasteiger partial charge in [-0.1, -0.05) is 6.07 Å². The Hall–Kier alpha value is -5.35. The molecule has 244 valence electrons. The second kappa shape index (κ2) is 14.8. The van der Waals surface area contributed by atoms with Crippen molar-refractivity contribution in [1.82, 2.24) is 29.5 Å². The molecule has 0 aliphatic heterocycles. The molecule has 0 saturated carbocycles. The van der Waals surface area contributed by atoms with E-state index in [-0.39, 0.29) is 41.0 Å². The lowest BCUT2D eigenvalue weighted by atomic mass is 10.2. The van der Waals surface area contributed by atoms with Crippen LogP contribution in [0.25, 0.3) is 10.9 Å². The van der Waals surface area contributed by atoms with Gasteiger partial charge in [0, 0.05) is 43.4 Å². The Morgan fingerprint density at radius 1 is 1.15 bits per heavy atom. The number of aromatic nitrogens is 6. The zero-order chi connectivity index (χ0) is 32.8. The molecule has 0 fully saturated rings. The van der Waals surface area contributed by atoms with Gasteiger partial charge in [-0.3, -0.25) is 9.78 Å². The third-order valence-electron chi connectivity index (χ3n) is 7.11. The number of aryl methyl sites for hydroxylation is 1. The van der Waals surface area contributed by atoms with Crippen LogP contribution in [0.1, 0.15) is 17.2 Å². The first-order chi connectivity index (χ1) is 22.0. The molecular formula is C31H32BrFN10O4. The summed E-state index contributed by atoms with van der Waals surface area (Å²) in [6.45, 7) is 2.60. The lowest BCUT2D eigenvalue weighted by Gasteiger charge is -2.28. The SMILES string of the molecule is Cc1nc([N+](=O)[O-])c(C[N+](C)(C)C/C=C/C(=O)Nc2cc3c(Nc4ccc(OCc5ccccn5)c(F)c4)ncnc3cn2)n1C.[Br-]. The quantitative estimate of drug-likeness (QED) is 0.0844. The number of nitro groups is 1. The second-order valence-electron chi connectivity index (χ2n) is 11.1. The van der Waals surface area contributed by atoms with Gasteiger partial charge in [0.05, 0.1) is 38.0 Å². The first-order valence-electron chi connectivity index (χ1n) is 14.2. The molecule has 5 rings (SSSR count). The van der Waals surface area contributed by atoms with E-state index in [1.165, 1.54) is 30.7 Å². The van der Waals surface area contributed by atoms with Crippen LogP contribution in [0.5, 0.6) is 5.75 Å². The highest BCUT2D eigenvalue weighted by molar-refractivity contribution is 6.00. The Morgan fingerprint density at radius 2 is 1.96 bits per heavy atom. The Morgan fingerprint density at radius 3 is 2.68 bits per heavy atom. The Bertz CT molecular complexity index is 1940. The Kier molecular flexibility index (Phi) is 10.9. The number of nitrogens with one attached hydrogen (secondary N) is 2. The molecule has 0 spiro atoms. The molecule has 5 aromatic rings. The van der Waals surface area contributed by atoms with Gasteiger partial charge < -0.3 is 51.5 Å². The number of carbonyl (C=O) groups is 1. The first kappa shape index (κ1) is 34.5. The molecule has 0 bridgehead atoms. The molecule has 1 amide bonds. The van der Waals surface area contributed by atoms with E-state index in [0.717, 1.165) is 0 Å². The number of nitrogens with zero attached hydrogens (tertiary/aromatic N) is 8. The third kappa shape index (κ3) is 8.68. The molecule has 0 unspecified atom stereocenters. The Balaban J connectivity index is 0.00000500. The standard InChI is InChI=1S/C31H31FN10O4.BrH/c1-20-37-31(41(44)45)26(40(20)2)17-42(3,4)13-7-9-29(43)39-28-15-23-25(16-34-28)35-19-36-30(23)38-21-10-11-27(24(32)14-21)46-18-22-8-5-6-12-33-22;/h5-12,14-16,19H,13,17-18H2,1-4H3,(H-,34,35,36,38,39,43);1H/b9-7+;. The summed E-state index contributed by atoms with van der Waals surface area (Å²) >= 11 is 0. The van der Waals surface area contributed by atoms with Gasteiger partial charge in [0.1, 0.15) is 31.1 Å². The Labute approximate surface area is 279 Å². The smallest absolute Gasteiger partial charge is 0.391 e. The zero-order valence-corrected chi connectivity index (χ0v) is 27.6. The summed E-state index contributed by atoms with van der Waals surface area (Å²) in [6, 6.07) is 11.5. The normalized spacial score (nSPS) is 11.3. The number of ether oxygens (including phenoxy) is 1. The van der Waals surface area contributed by atoms with Gasteiger partial charge in [0.25, 0.3) is 0 Å². The van der Waals surface area contributed by atoms with E-state index < -0.39 is 16.6 Å². The van der Waals surface area contributed by atoms with Crippen LogP contribution in [-0.2, 0) is 25.0 Å². The van der Waals surface area contributed by atoms with Crippen molar-refractivity contribution in [1.29, 1.82) is 0 Å². The van der Waals surface area contributed by atoms with Gasteiger partial charge in [-0.25, -0.2) is 19.3 Å². The lowest BCUT2D eigenvalue weighted by molar-refractivity contribution is -0.898. The summed E-state index contributed by atoms with van der Waals surface area (Å²) in [6.07, 6.45) is 7.58. The molecule has 0 saturated heterocycles. The summed E-state index contributed by atoms with van der Waals surface area (Å²) in [5, 5.41) is 17.8. The number of fused-ring (bicyclic) bond motifs is 1. The number of likely N-dealkylation sites (N-methyl/N-ethyl adjacent to an activating group) is 1. The number of carbonyl (C=O) groups excluding carboxylic acids is 1. The highest BCUT2D eigenvalue weighted by Gasteiger charge is 2.29. The molecule has 16 heteroatoms. The van der Waals surface area contributed by atoms with Crippen molar-refractivity contribution in [3.05, 3.63) is 106 Å². The van der Waals surface area contributed by atoms with E-state index in [2.05, 4.69) is 35.6 Å². The molecule has 4 aromatic heterocycles. The van der Waals surface area contributed by atoms with Crippen LogP contribution >= 0.6 is 0 Å². The molecule has 0 atom stereocenters. The lowest BCUT2D eigenvalue weighted by Crippen LogP contribution is -3.00. The van der Waals surface area contributed by atoms with Gasteiger partial charge in [-0.15, -0.1) is 0 Å². The molecule has 4 heterocycles. The number of amides is 1. The predicted octanol–water partition coefficient (Wildman–Crippen LogP) is 1.61. The predicted molar refractivity (Wildman–Crippen MR) is 169 cm³/mol. The minimum Gasteiger partial charge on any atom is -1.00 e. The highest BCUT2D eigenvalue weighted by atomic mass is 79.9. The minimum atomic E-state index is -0.559. The van der Waals surface area contributed by atoms with Gasteiger partial charge in [0.15, 0.2) is 17.3 Å². The number of hydrogen-bond donors (Lipinski definition) is 2. The van der Waals surface area contributed by atoms with Crippen LogP contribution < -0.4 is 32.4 Å². The fourth-order valence-electron chi connectivity index (χ4n) is 4.64. The van der Waals surface area contributed by atoms with Crippen LogP contribution in [0.3, 0.4) is 0 Å². The van der Waals surface area contributed by atoms with Crippen molar-refractivity contribution in [2.45, 2.75) is 20.1 Å². The monoisotopic (exact) mass is 706 g/mol. The number of benzene rings is 1. The third-order valence-corrected chi connectivity index (χ3v) is 7.11. The van der Waals surface area contributed by atoms with E-state index in [1.54, 1.807) is 55.1 Å². The van der Waals surface area contributed by atoms with E-state index in [9.17, 15) is 19.3 Å². The number of hydrogen-bond acceptors (Lipinski definition) is 10. The zero-order valence-electron chi connectivity index (χ0n) is 26.0. The number of halogens is 2. The molecule has 47 heavy (non-hydrogen) atoms. The average molecular weight is 708 g/mol. The molecule has 0 aliphatic rings. The molecular weight excluding hydrogens is 675 g/mol. The summed E-state index contributed by atoms with van der Waals surface area (Å²) in [4.78, 5) is 44.7. The van der Waals surface area contributed by atoms with E-state index >= 15 is 0 Å². The van der Waals surface area contributed by atoms with Crippen LogP contribution in [0, 0.1) is 22.9 Å². The second-order valence-corrected chi connectivity index (χ2v) is 11.1. The number of imidazole rings is 1. The summed E-state index contributed by atoms with van der Waals surface area (Å²) < 4.78 is 22.4. The number of pyridine rings is 2. The maximum Gasteiger partial charge on any atom is 0.391 e. The van der Waals surface area contributed by atoms with Crippen molar-refractivity contribution in [3.63, 3.8) is 0 Å². The van der Waals surface area contributed by atoms with Crippen LogP contribution in [0.15, 0.2) is 73.3 Å². The average Bonchev–Trinajstić information content (AvgIpc) is 3.29. The number of quaternary nitrogens is 1. The molecule has 14 nitrogen and oxygen atoms in total. The topological polar surface area (TPSA) is 163 Å². The minimum absolute atomic E-state index is 0. The van der Waals surface area contributed by atoms with Crippen molar-refractivity contribution in [2.24, 2.45) is 7.05 Å². The maximum absolute atomic E-state index is 14.8. The van der Waals surface area contributed by atoms with Crippen molar-refractivity contribution in [2.75, 3.05) is 31.3 Å². The number of rotatable bonds is 12. The van der Waals surface area contributed by atoms with Crippen LogP contribution in [0.4, 0.5) is 27.5 Å². The summed E-state index contributed by atoms with van der Waals surface area (Å²) in [5.74, 6) is 0.149. The number of anilines is 3. The first-order valence-corrected chi connectivity index (χ1v) is 14.2. The molecule has 0 aliphatic carbocycles. The van der Waals surface area contributed by atoms with Gasteiger partial charge >= 0.3 is 5.82 Å². The van der Waals surface area contributed by atoms with Crippen molar-refractivity contribution in [3.8, 4) is 5.75 Å². The molecule has 2 N–H and O–H groups in total. The van der Waals surface area contributed by atoms with E-state index in [1.807, 2.05) is 20.2 Å². The van der Waals surface area contributed by atoms with Crippen LogP contribution in [-0.4, -0.2) is 65.4 Å². The van der Waals surface area contributed by atoms with Gasteiger partial charge in [-0.2, -0.15) is 0 Å². The van der Waals surface area contributed by atoms with E-state index in [4.69, 9.17) is 4.74 Å². The van der Waals surface area contributed by atoms with Gasteiger partial charge in [-0.05, 0) is 46.3 Å². The summed E-state index contributed by atoms with van der Waals surface area (Å²) in [5.41, 5.74) is 2.13.